The Morgan fingerprint density at radius 2 is 1.77 bits per heavy atom. The minimum Gasteiger partial charge on any atom is -0.348 e. The topological polar surface area (TPSA) is 69.7 Å². The summed E-state index contributed by atoms with van der Waals surface area (Å²) in [7, 11) is -3.53. The molecule has 1 aromatic heterocycles. The van der Waals surface area contributed by atoms with Gasteiger partial charge >= 0.3 is 0 Å². The predicted octanol–water partition coefficient (Wildman–Crippen LogP) is 3.74. The van der Waals surface area contributed by atoms with E-state index < -0.39 is 10.0 Å². The van der Waals surface area contributed by atoms with Crippen molar-refractivity contribution in [1.29, 1.82) is 0 Å². The molecule has 1 fully saturated rings. The van der Waals surface area contributed by atoms with Gasteiger partial charge in [-0.1, -0.05) is 48.0 Å². The Morgan fingerprint density at radius 1 is 1.06 bits per heavy atom. The third-order valence-corrected chi connectivity index (χ3v) is 9.09. The summed E-state index contributed by atoms with van der Waals surface area (Å²) in [6.45, 7) is 3.94. The van der Waals surface area contributed by atoms with E-state index in [0.29, 0.717) is 30.5 Å². The number of carbonyl (C=O) groups excluding carboxylic acids is 1. The summed E-state index contributed by atoms with van der Waals surface area (Å²) in [6, 6.07) is 17.4. The number of thiophene rings is 1. The van der Waals surface area contributed by atoms with Crippen molar-refractivity contribution in [2.45, 2.75) is 17.2 Å². The minimum atomic E-state index is -3.53. The predicted molar refractivity (Wildman–Crippen MR) is 125 cm³/mol. The summed E-state index contributed by atoms with van der Waals surface area (Å²) < 4.78 is 27.6. The molecule has 1 saturated heterocycles. The monoisotopic (exact) mass is 477 g/mol. The van der Waals surface area contributed by atoms with E-state index in [2.05, 4.69) is 29.6 Å². The number of amides is 1. The molecule has 0 radical (unpaired) electrons. The Hall–Kier alpha value is -1.97. The molecule has 1 N–H and O–H groups in total. The average Bonchev–Trinajstić information content (AvgIpc) is 3.21. The van der Waals surface area contributed by atoms with Crippen LogP contribution in [0.1, 0.15) is 18.5 Å². The number of carbonyl (C=O) groups is 1. The molecule has 0 spiro atoms. The largest absolute Gasteiger partial charge is 0.348 e. The van der Waals surface area contributed by atoms with E-state index in [1.807, 2.05) is 30.0 Å². The van der Waals surface area contributed by atoms with Crippen LogP contribution in [0.25, 0.3) is 10.8 Å². The number of nitrogens with one attached hydrogen (secondary N) is 1. The molecule has 1 atom stereocenters. The van der Waals surface area contributed by atoms with E-state index in [1.165, 1.54) is 15.8 Å². The molecule has 0 unspecified atom stereocenters. The van der Waals surface area contributed by atoms with E-state index in [1.54, 1.807) is 6.07 Å². The maximum absolute atomic E-state index is 12.7. The zero-order valence-electron chi connectivity index (χ0n) is 17.1. The van der Waals surface area contributed by atoms with E-state index >= 15 is 0 Å². The van der Waals surface area contributed by atoms with Gasteiger partial charge in [0, 0.05) is 26.2 Å². The van der Waals surface area contributed by atoms with E-state index in [0.717, 1.165) is 22.3 Å². The maximum atomic E-state index is 12.7. The van der Waals surface area contributed by atoms with Crippen molar-refractivity contribution in [1.82, 2.24) is 14.5 Å². The number of sulfonamides is 1. The Bertz CT molecular complexity index is 1190. The highest BCUT2D eigenvalue weighted by molar-refractivity contribution is 7.91. The fourth-order valence-electron chi connectivity index (χ4n) is 3.74. The normalized spacial score (nSPS) is 17.0. The molecule has 0 saturated carbocycles. The van der Waals surface area contributed by atoms with Crippen molar-refractivity contribution in [3.05, 3.63) is 64.5 Å². The SMILES string of the molecule is C[C@@H](NC(=O)CN1CCN(S(=O)(=O)c2ccc(Cl)s2)CC1)c1ccc2ccccc2c1. The Balaban J connectivity index is 1.30. The summed E-state index contributed by atoms with van der Waals surface area (Å²) in [4.78, 5) is 14.5. The van der Waals surface area contributed by atoms with Gasteiger partial charge < -0.3 is 5.32 Å². The quantitative estimate of drug-likeness (QED) is 0.587. The van der Waals surface area contributed by atoms with Crippen LogP contribution in [-0.4, -0.2) is 56.3 Å². The zero-order valence-corrected chi connectivity index (χ0v) is 19.5. The first kappa shape index (κ1) is 22.2. The number of hydrogen-bond donors (Lipinski definition) is 1. The number of piperazine rings is 1. The molecule has 0 aliphatic carbocycles. The van der Waals surface area contributed by atoms with Gasteiger partial charge in [0.15, 0.2) is 0 Å². The second-order valence-corrected chi connectivity index (χ2v) is 11.5. The van der Waals surface area contributed by atoms with Gasteiger partial charge in [-0.25, -0.2) is 8.42 Å². The highest BCUT2D eigenvalue weighted by atomic mass is 35.5. The summed E-state index contributed by atoms with van der Waals surface area (Å²) in [5, 5.41) is 5.37. The second kappa shape index (κ2) is 9.26. The molecule has 4 rings (SSSR count). The smallest absolute Gasteiger partial charge is 0.252 e. The Kier molecular flexibility index (Phi) is 6.64. The van der Waals surface area contributed by atoms with Crippen LogP contribution in [0.15, 0.2) is 58.8 Å². The van der Waals surface area contributed by atoms with Crippen LogP contribution in [-0.2, 0) is 14.8 Å². The van der Waals surface area contributed by atoms with Crippen molar-refractivity contribution in [3.8, 4) is 0 Å². The highest BCUT2D eigenvalue weighted by Crippen LogP contribution is 2.28. The van der Waals surface area contributed by atoms with Crippen LogP contribution in [0.3, 0.4) is 0 Å². The number of nitrogens with zero attached hydrogens (tertiary/aromatic N) is 2. The number of rotatable bonds is 6. The molecular weight excluding hydrogens is 454 g/mol. The molecule has 31 heavy (non-hydrogen) atoms. The molecule has 1 amide bonds. The van der Waals surface area contributed by atoms with Crippen molar-refractivity contribution in [3.63, 3.8) is 0 Å². The summed E-state index contributed by atoms with van der Waals surface area (Å²) in [5.41, 5.74) is 1.05. The molecular formula is C22H24ClN3O3S2. The third kappa shape index (κ3) is 5.10. The van der Waals surface area contributed by atoms with Gasteiger partial charge in [0.2, 0.25) is 5.91 Å². The molecule has 2 heterocycles. The van der Waals surface area contributed by atoms with Gasteiger partial charge in [-0.05, 0) is 41.5 Å². The maximum Gasteiger partial charge on any atom is 0.252 e. The second-order valence-electron chi connectivity index (χ2n) is 7.63. The number of fused-ring (bicyclic) bond motifs is 1. The molecule has 6 nitrogen and oxygen atoms in total. The van der Waals surface area contributed by atoms with Crippen LogP contribution >= 0.6 is 22.9 Å². The summed E-state index contributed by atoms with van der Waals surface area (Å²) in [6.07, 6.45) is 0. The third-order valence-electron chi connectivity index (χ3n) is 5.49. The fourth-order valence-corrected chi connectivity index (χ4v) is 6.80. The molecule has 3 aromatic rings. The van der Waals surface area contributed by atoms with E-state index in [4.69, 9.17) is 11.6 Å². The van der Waals surface area contributed by atoms with Gasteiger partial charge in [-0.3, -0.25) is 9.69 Å². The summed E-state index contributed by atoms with van der Waals surface area (Å²) in [5.74, 6) is -0.0676. The van der Waals surface area contributed by atoms with Crippen molar-refractivity contribution < 1.29 is 13.2 Å². The molecule has 1 aliphatic rings. The molecule has 164 valence electrons. The first-order valence-corrected chi connectivity index (χ1v) is 12.7. The van der Waals surface area contributed by atoms with Gasteiger partial charge in [-0.2, -0.15) is 4.31 Å². The lowest BCUT2D eigenvalue weighted by molar-refractivity contribution is -0.123. The molecule has 9 heteroatoms. The lowest BCUT2D eigenvalue weighted by atomic mass is 10.0. The highest BCUT2D eigenvalue weighted by Gasteiger charge is 2.30. The molecule has 1 aliphatic heterocycles. The lowest BCUT2D eigenvalue weighted by Crippen LogP contribution is -2.51. The van der Waals surface area contributed by atoms with E-state index in [-0.39, 0.29) is 22.7 Å². The van der Waals surface area contributed by atoms with Crippen LogP contribution in [0.2, 0.25) is 4.34 Å². The van der Waals surface area contributed by atoms with Crippen molar-refractivity contribution in [2.24, 2.45) is 0 Å². The van der Waals surface area contributed by atoms with Gasteiger partial charge in [0.1, 0.15) is 4.21 Å². The minimum absolute atomic E-state index is 0.0676. The molecule has 0 bridgehead atoms. The number of halogens is 1. The zero-order chi connectivity index (χ0) is 22.0. The number of benzene rings is 2. The van der Waals surface area contributed by atoms with Gasteiger partial charge in [0.25, 0.3) is 10.0 Å². The Labute approximate surface area is 191 Å². The van der Waals surface area contributed by atoms with Crippen molar-refractivity contribution in [2.75, 3.05) is 32.7 Å². The average molecular weight is 478 g/mol. The van der Waals surface area contributed by atoms with E-state index in [9.17, 15) is 13.2 Å². The van der Waals surface area contributed by atoms with Crippen LogP contribution in [0.4, 0.5) is 0 Å². The molecule has 2 aromatic carbocycles. The number of hydrogen-bond acceptors (Lipinski definition) is 5. The van der Waals surface area contributed by atoms with Gasteiger partial charge in [0.05, 0.1) is 16.9 Å². The van der Waals surface area contributed by atoms with Crippen LogP contribution in [0.5, 0.6) is 0 Å². The van der Waals surface area contributed by atoms with Gasteiger partial charge in [-0.15, -0.1) is 11.3 Å². The summed E-state index contributed by atoms with van der Waals surface area (Å²) >= 11 is 6.95. The fraction of sp³-hybridized carbons (Fsp3) is 0.318. The first-order chi connectivity index (χ1) is 14.8. The van der Waals surface area contributed by atoms with Crippen LogP contribution < -0.4 is 5.32 Å². The standard InChI is InChI=1S/C22H24ClN3O3S2/c1-16(18-7-6-17-4-2-3-5-19(17)14-18)24-21(27)15-25-10-12-26(13-11-25)31(28,29)22-9-8-20(23)30-22/h2-9,14,16H,10-13,15H2,1H3,(H,24,27)/t16-/m1/s1. The Morgan fingerprint density at radius 3 is 2.45 bits per heavy atom. The lowest BCUT2D eigenvalue weighted by Gasteiger charge is -2.33. The van der Waals surface area contributed by atoms with Crippen molar-refractivity contribution >= 4 is 49.6 Å². The van der Waals surface area contributed by atoms with Crippen LogP contribution in [0, 0.1) is 0 Å². The first-order valence-electron chi connectivity index (χ1n) is 10.1.